The van der Waals surface area contributed by atoms with E-state index in [1.54, 1.807) is 42.7 Å². The van der Waals surface area contributed by atoms with Crippen LogP contribution in [0.3, 0.4) is 0 Å². The van der Waals surface area contributed by atoms with Gasteiger partial charge in [-0.05, 0) is 36.5 Å². The molecule has 2 aliphatic rings. The van der Waals surface area contributed by atoms with Gasteiger partial charge in [0, 0.05) is 33.2 Å². The van der Waals surface area contributed by atoms with E-state index in [0.717, 1.165) is 18.4 Å². The lowest BCUT2D eigenvalue weighted by Gasteiger charge is -2.52. The van der Waals surface area contributed by atoms with Crippen LogP contribution in [0.4, 0.5) is 0 Å². The molecular formula is C24H36O7. The smallest absolute Gasteiger partial charge is 0.203 e. The first kappa shape index (κ1) is 23.9. The third-order valence-corrected chi connectivity index (χ3v) is 7.31. The van der Waals surface area contributed by atoms with E-state index in [9.17, 15) is 0 Å². The zero-order valence-corrected chi connectivity index (χ0v) is 19.7. The van der Waals surface area contributed by atoms with E-state index in [4.69, 9.17) is 33.2 Å². The van der Waals surface area contributed by atoms with Crippen molar-refractivity contribution in [3.63, 3.8) is 0 Å². The molecular weight excluding hydrogens is 400 g/mol. The molecule has 1 saturated carbocycles. The topological polar surface area (TPSA) is 64.6 Å². The molecule has 1 aliphatic carbocycles. The highest BCUT2D eigenvalue weighted by Crippen LogP contribution is 2.65. The number of fused-ring (bicyclic) bond motifs is 1. The van der Waals surface area contributed by atoms with Gasteiger partial charge in [-0.3, -0.25) is 0 Å². The van der Waals surface area contributed by atoms with E-state index in [2.05, 4.69) is 13.5 Å². The van der Waals surface area contributed by atoms with Gasteiger partial charge < -0.3 is 33.2 Å². The Morgan fingerprint density at radius 2 is 1.55 bits per heavy atom. The van der Waals surface area contributed by atoms with Gasteiger partial charge in [-0.25, -0.2) is 0 Å². The Labute approximate surface area is 185 Å². The van der Waals surface area contributed by atoms with Crippen molar-refractivity contribution in [1.82, 2.24) is 0 Å². The lowest BCUT2D eigenvalue weighted by Crippen LogP contribution is -2.59. The van der Waals surface area contributed by atoms with Gasteiger partial charge in [0.25, 0.3) is 0 Å². The number of allylic oxidation sites excluding steroid dienone is 1. The molecule has 3 unspecified atom stereocenters. The second kappa shape index (κ2) is 9.36. The largest absolute Gasteiger partial charge is 0.493 e. The number of ether oxygens (including phenoxy) is 7. The summed E-state index contributed by atoms with van der Waals surface area (Å²) in [4.78, 5) is 0. The molecule has 3 rings (SSSR count). The zero-order valence-electron chi connectivity index (χ0n) is 19.7. The van der Waals surface area contributed by atoms with Gasteiger partial charge in [0.1, 0.15) is 0 Å². The molecule has 174 valence electrons. The Bertz CT molecular complexity index is 756. The average Bonchev–Trinajstić information content (AvgIpc) is 3.05. The van der Waals surface area contributed by atoms with Gasteiger partial charge in [0.15, 0.2) is 17.3 Å². The van der Waals surface area contributed by atoms with Crippen molar-refractivity contribution >= 4 is 0 Å². The molecule has 0 bridgehead atoms. The molecule has 2 fully saturated rings. The molecule has 6 atom stereocenters. The molecule has 0 radical (unpaired) electrons. The Hall–Kier alpha value is -1.80. The van der Waals surface area contributed by atoms with Crippen molar-refractivity contribution in [1.29, 1.82) is 0 Å². The summed E-state index contributed by atoms with van der Waals surface area (Å²) in [6.07, 6.45) is 3.56. The van der Waals surface area contributed by atoms with E-state index < -0.39 is 5.79 Å². The van der Waals surface area contributed by atoms with E-state index in [0.29, 0.717) is 23.7 Å². The average molecular weight is 437 g/mol. The first-order valence-corrected chi connectivity index (χ1v) is 10.6. The second-order valence-electron chi connectivity index (χ2n) is 8.35. The summed E-state index contributed by atoms with van der Waals surface area (Å²) in [7, 11) is 9.97. The van der Waals surface area contributed by atoms with Gasteiger partial charge in [0.05, 0.1) is 39.6 Å². The number of hydrogen-bond acceptors (Lipinski definition) is 7. The van der Waals surface area contributed by atoms with Crippen LogP contribution < -0.4 is 14.2 Å². The third kappa shape index (κ3) is 3.61. The van der Waals surface area contributed by atoms with Gasteiger partial charge in [-0.15, -0.1) is 6.58 Å². The fraction of sp³-hybridized carbons (Fsp3) is 0.667. The molecule has 0 spiro atoms. The van der Waals surface area contributed by atoms with Crippen molar-refractivity contribution in [2.75, 3.05) is 42.7 Å². The molecule has 7 heteroatoms. The van der Waals surface area contributed by atoms with E-state index >= 15 is 0 Å². The third-order valence-electron chi connectivity index (χ3n) is 7.31. The zero-order chi connectivity index (χ0) is 22.8. The van der Waals surface area contributed by atoms with Crippen LogP contribution in [-0.4, -0.2) is 60.7 Å². The summed E-state index contributed by atoms with van der Waals surface area (Å²) in [5, 5.41) is 0. The maximum atomic E-state index is 6.80. The molecule has 0 aromatic heterocycles. The first-order valence-electron chi connectivity index (χ1n) is 10.6. The maximum absolute atomic E-state index is 6.80. The van der Waals surface area contributed by atoms with Gasteiger partial charge >= 0.3 is 0 Å². The molecule has 0 N–H and O–H groups in total. The van der Waals surface area contributed by atoms with Crippen LogP contribution in [0.2, 0.25) is 0 Å². The van der Waals surface area contributed by atoms with E-state index in [1.165, 1.54) is 0 Å². The molecule has 1 saturated heterocycles. The van der Waals surface area contributed by atoms with Crippen LogP contribution in [0.5, 0.6) is 17.2 Å². The molecule has 31 heavy (non-hydrogen) atoms. The minimum absolute atomic E-state index is 0.0574. The van der Waals surface area contributed by atoms with Crippen LogP contribution in [0.1, 0.15) is 37.9 Å². The fourth-order valence-electron chi connectivity index (χ4n) is 5.65. The Morgan fingerprint density at radius 3 is 2.00 bits per heavy atom. The van der Waals surface area contributed by atoms with Crippen molar-refractivity contribution in [3.8, 4) is 17.2 Å². The van der Waals surface area contributed by atoms with Crippen LogP contribution in [0.25, 0.3) is 0 Å². The quantitative estimate of drug-likeness (QED) is 0.539. The summed E-state index contributed by atoms with van der Waals surface area (Å²) < 4.78 is 41.2. The van der Waals surface area contributed by atoms with Crippen molar-refractivity contribution in [2.24, 2.45) is 11.3 Å². The Balaban J connectivity index is 2.13. The van der Waals surface area contributed by atoms with E-state index in [-0.39, 0.29) is 29.6 Å². The van der Waals surface area contributed by atoms with Crippen LogP contribution in [-0.2, 0) is 18.9 Å². The van der Waals surface area contributed by atoms with Crippen molar-refractivity contribution in [3.05, 3.63) is 30.4 Å². The molecule has 1 aliphatic heterocycles. The number of benzene rings is 1. The summed E-state index contributed by atoms with van der Waals surface area (Å²) in [5.41, 5.74) is 0.615. The lowest BCUT2D eigenvalue weighted by molar-refractivity contribution is -0.302. The summed E-state index contributed by atoms with van der Waals surface area (Å²) in [6, 6.07) is 3.90. The molecule has 1 aromatic rings. The highest BCUT2D eigenvalue weighted by molar-refractivity contribution is 5.54. The standard InChI is InChI=1S/C24H36O7/c1-9-10-23-13-19(27-5)20(28-6)14-24(23,30-8)31-21(15(23)2)16-11-17(25-3)22(29-7)18(12-16)26-4/h9,11-12,15,19-21H,1,10,13-14H2,2-8H3/t15-,19?,20?,21-,23-,24?/m1/s1. The molecule has 1 heterocycles. The van der Waals surface area contributed by atoms with Crippen LogP contribution >= 0.6 is 0 Å². The molecule has 0 amide bonds. The normalized spacial score (nSPS) is 34.8. The summed E-state index contributed by atoms with van der Waals surface area (Å²) in [6.45, 7) is 6.24. The second-order valence-corrected chi connectivity index (χ2v) is 8.35. The maximum Gasteiger partial charge on any atom is 0.203 e. The number of hydrogen-bond donors (Lipinski definition) is 0. The van der Waals surface area contributed by atoms with Crippen LogP contribution in [0.15, 0.2) is 24.8 Å². The van der Waals surface area contributed by atoms with Crippen LogP contribution in [0, 0.1) is 11.3 Å². The summed E-state index contributed by atoms with van der Waals surface area (Å²) >= 11 is 0. The lowest BCUT2D eigenvalue weighted by atomic mass is 9.59. The molecule has 7 nitrogen and oxygen atoms in total. The number of rotatable bonds is 9. The summed E-state index contributed by atoms with van der Waals surface area (Å²) in [5.74, 6) is 1.01. The number of methoxy groups -OCH3 is 6. The van der Waals surface area contributed by atoms with Gasteiger partial charge in [-0.1, -0.05) is 13.0 Å². The Kier molecular flexibility index (Phi) is 7.21. The van der Waals surface area contributed by atoms with Gasteiger partial charge in [0.2, 0.25) is 5.75 Å². The van der Waals surface area contributed by atoms with Crippen molar-refractivity contribution < 1.29 is 33.2 Å². The van der Waals surface area contributed by atoms with Gasteiger partial charge in [-0.2, -0.15) is 0 Å². The minimum atomic E-state index is -0.832. The van der Waals surface area contributed by atoms with Crippen molar-refractivity contribution in [2.45, 2.75) is 50.3 Å². The fourth-order valence-corrected chi connectivity index (χ4v) is 5.65. The Morgan fingerprint density at radius 1 is 0.968 bits per heavy atom. The van der Waals surface area contributed by atoms with E-state index in [1.807, 2.05) is 18.2 Å². The highest BCUT2D eigenvalue weighted by atomic mass is 16.7. The predicted octanol–water partition coefficient (Wildman–Crippen LogP) is 4.15. The molecule has 1 aromatic carbocycles. The minimum Gasteiger partial charge on any atom is -0.493 e. The monoisotopic (exact) mass is 436 g/mol. The predicted molar refractivity (Wildman–Crippen MR) is 117 cm³/mol. The first-order chi connectivity index (χ1) is 14.9. The highest BCUT2D eigenvalue weighted by Gasteiger charge is 2.68. The SMILES string of the molecule is C=CC[C@]12CC(OC)C(OC)CC1(OC)O[C@@H](c1cc(OC)c(OC)c(OC)c1)[C@H]2C.